The average molecular weight is 482 g/mol. The fourth-order valence-corrected chi connectivity index (χ4v) is 3.08. The minimum absolute atomic E-state index is 0.0940. The molecule has 0 spiro atoms. The molecule has 1 atom stereocenters. The first-order chi connectivity index (χ1) is 10.4. The maximum absolute atomic E-state index is 13.5. The monoisotopic (exact) mass is 480 g/mol. The van der Waals surface area contributed by atoms with E-state index < -0.39 is 47.3 Å². The quantitative estimate of drug-likeness (QED) is 0.223. The number of alkyl halides is 13. The summed E-state index contributed by atoms with van der Waals surface area (Å²) in [6, 6.07) is -5.03. The van der Waals surface area contributed by atoms with Crippen LogP contribution < -0.4 is 0 Å². The summed E-state index contributed by atoms with van der Waals surface area (Å²) in [6.07, 6.45) is -7.46. The summed E-state index contributed by atoms with van der Waals surface area (Å²) >= 11 is 14.7. The van der Waals surface area contributed by atoms with Crippen LogP contribution in [0.15, 0.2) is 0 Å². The fourth-order valence-electron chi connectivity index (χ4n) is 1.26. The van der Waals surface area contributed by atoms with Gasteiger partial charge in [0.1, 0.15) is 0 Å². The van der Waals surface area contributed by atoms with Gasteiger partial charge in [-0.25, -0.2) is 0 Å². The zero-order valence-electron chi connectivity index (χ0n) is 11.1. The number of hydrogen-bond donors (Lipinski definition) is 0. The van der Waals surface area contributed by atoms with Gasteiger partial charge in [0, 0.05) is 0 Å². The summed E-state index contributed by atoms with van der Waals surface area (Å²) in [5.41, 5.74) is -3.36. The zero-order valence-corrected chi connectivity index (χ0v) is 14.4. The van der Waals surface area contributed by atoms with Crippen molar-refractivity contribution in [1.82, 2.24) is 0 Å². The Morgan fingerprint density at radius 2 is 0.840 bits per heavy atom. The third-order valence-corrected chi connectivity index (χ3v) is 7.28. The Morgan fingerprint density at radius 3 is 1.08 bits per heavy atom. The van der Waals surface area contributed by atoms with Crippen molar-refractivity contribution in [3.63, 3.8) is 0 Å². The van der Waals surface area contributed by atoms with Crippen molar-refractivity contribution in [3.05, 3.63) is 0 Å². The van der Waals surface area contributed by atoms with Crippen LogP contribution in [0.5, 0.6) is 0 Å². The number of halogens is 16. The summed E-state index contributed by atoms with van der Waals surface area (Å²) in [4.78, 5) is 0. The molecule has 17 heteroatoms. The van der Waals surface area contributed by atoms with E-state index in [0.29, 0.717) is 0 Å². The van der Waals surface area contributed by atoms with Crippen LogP contribution in [-0.2, 0) is 0 Å². The van der Waals surface area contributed by atoms with Gasteiger partial charge in [-0.2, -0.15) is 57.1 Å². The van der Waals surface area contributed by atoms with Crippen molar-refractivity contribution >= 4 is 39.2 Å². The topological polar surface area (TPSA) is 0 Å². The molecular formula is C8H4Cl3F13Si. The maximum Gasteiger partial charge on any atom is 0.460 e. The van der Waals surface area contributed by atoms with Gasteiger partial charge >= 0.3 is 41.8 Å². The van der Waals surface area contributed by atoms with Crippen LogP contribution >= 0.6 is 33.2 Å². The lowest BCUT2D eigenvalue weighted by molar-refractivity contribution is -0.439. The Bertz CT molecular complexity index is 494. The molecule has 0 N–H and O–H groups in total. The molecule has 0 aromatic rings. The lowest BCUT2D eigenvalue weighted by atomic mass is 9.93. The molecule has 0 radical (unpaired) electrons. The van der Waals surface area contributed by atoms with Crippen molar-refractivity contribution < 1.29 is 57.1 Å². The minimum Gasteiger partial charge on any atom is -0.200 e. The third-order valence-electron chi connectivity index (χ3n) is 2.99. The molecule has 0 amide bonds. The second-order valence-electron chi connectivity index (χ2n) is 4.68. The summed E-state index contributed by atoms with van der Waals surface area (Å²) in [5.74, 6) is -37.4. The molecule has 0 fully saturated rings. The Balaban J connectivity index is 6.40. The van der Waals surface area contributed by atoms with E-state index in [9.17, 15) is 57.1 Å². The number of rotatable bonds is 6. The summed E-state index contributed by atoms with van der Waals surface area (Å²) in [7, 11) is 0. The van der Waals surface area contributed by atoms with E-state index in [4.69, 9.17) is 33.2 Å². The molecule has 152 valence electrons. The van der Waals surface area contributed by atoms with Gasteiger partial charge in [-0.1, -0.05) is 6.92 Å². The summed E-state index contributed by atoms with van der Waals surface area (Å²) in [6.45, 7) is -0.0940. The highest BCUT2D eigenvalue weighted by atomic mass is 35.8. The van der Waals surface area contributed by atoms with E-state index in [0.717, 1.165) is 0 Å². The van der Waals surface area contributed by atoms with Gasteiger partial charge in [0.2, 0.25) is 0 Å². The zero-order chi connectivity index (χ0) is 21.1. The van der Waals surface area contributed by atoms with Gasteiger partial charge in [-0.15, -0.1) is 33.2 Å². The largest absolute Gasteiger partial charge is 0.460 e. The lowest BCUT2D eigenvalue weighted by Gasteiger charge is -2.41. The average Bonchev–Trinajstić information content (AvgIpc) is 2.34. The molecule has 0 aromatic heterocycles. The van der Waals surface area contributed by atoms with Crippen LogP contribution in [0.3, 0.4) is 0 Å². The first-order valence-corrected chi connectivity index (χ1v) is 10.5. The predicted octanol–water partition coefficient (Wildman–Crippen LogP) is 6.77. The van der Waals surface area contributed by atoms with Crippen LogP contribution in [0.2, 0.25) is 5.54 Å². The first-order valence-electron chi connectivity index (χ1n) is 5.43. The van der Waals surface area contributed by atoms with Crippen molar-refractivity contribution in [2.24, 2.45) is 0 Å². The molecule has 1 unspecified atom stereocenters. The SMILES string of the molecule is CC(C(F)(F)C(F)(F)C(F)(F)C(F)(F)C(F)(F)C(F)(F)F)[Si](Cl)(Cl)Cl. The van der Waals surface area contributed by atoms with Gasteiger partial charge in [0.25, 0.3) is 0 Å². The fraction of sp³-hybridized carbons (Fsp3) is 1.00. The van der Waals surface area contributed by atoms with E-state index in [1.807, 2.05) is 0 Å². The minimum atomic E-state index is -7.96. The normalized spacial score (nSPS) is 17.6. The van der Waals surface area contributed by atoms with Crippen LogP contribution in [0.4, 0.5) is 57.1 Å². The maximum atomic E-state index is 13.5. The van der Waals surface area contributed by atoms with E-state index in [2.05, 4.69) is 0 Å². The third kappa shape index (κ3) is 3.64. The van der Waals surface area contributed by atoms with Crippen molar-refractivity contribution in [1.29, 1.82) is 0 Å². The smallest absolute Gasteiger partial charge is 0.200 e. The second kappa shape index (κ2) is 6.36. The Kier molecular flexibility index (Phi) is 6.41. The molecule has 0 aliphatic rings. The van der Waals surface area contributed by atoms with Crippen LogP contribution in [-0.4, -0.2) is 41.8 Å². The molecule has 0 saturated carbocycles. The molecule has 0 rings (SSSR count). The van der Waals surface area contributed by atoms with Crippen LogP contribution in [0.1, 0.15) is 6.92 Å². The van der Waals surface area contributed by atoms with Crippen LogP contribution in [0, 0.1) is 0 Å². The van der Waals surface area contributed by atoms with Gasteiger partial charge < -0.3 is 0 Å². The Labute approximate surface area is 145 Å². The molecule has 0 aromatic carbocycles. The highest BCUT2D eigenvalue weighted by Crippen LogP contribution is 2.63. The molecule has 0 aliphatic carbocycles. The lowest BCUT2D eigenvalue weighted by Crippen LogP contribution is -2.71. The van der Waals surface area contributed by atoms with E-state index in [1.165, 1.54) is 0 Å². The van der Waals surface area contributed by atoms with Gasteiger partial charge in [0.05, 0.1) is 5.54 Å². The van der Waals surface area contributed by atoms with E-state index in [1.54, 1.807) is 0 Å². The molecule has 25 heavy (non-hydrogen) atoms. The number of hydrogen-bond acceptors (Lipinski definition) is 0. The van der Waals surface area contributed by atoms with E-state index in [-0.39, 0.29) is 6.92 Å². The second-order valence-corrected chi connectivity index (χ2v) is 13.7. The summed E-state index contributed by atoms with van der Waals surface area (Å²) in [5, 5.41) is 0. The molecule has 0 saturated heterocycles. The highest BCUT2D eigenvalue weighted by Gasteiger charge is 2.91. The van der Waals surface area contributed by atoms with Crippen LogP contribution in [0.25, 0.3) is 0 Å². The Morgan fingerprint density at radius 1 is 0.560 bits per heavy atom. The molecular weight excluding hydrogens is 478 g/mol. The van der Waals surface area contributed by atoms with Crippen molar-refractivity contribution in [2.45, 2.75) is 48.3 Å². The molecule has 0 heterocycles. The van der Waals surface area contributed by atoms with Crippen molar-refractivity contribution in [3.8, 4) is 0 Å². The predicted molar refractivity (Wildman–Crippen MR) is 63.5 cm³/mol. The molecule has 0 bridgehead atoms. The first kappa shape index (κ1) is 25.2. The molecule has 0 aliphatic heterocycles. The van der Waals surface area contributed by atoms with E-state index >= 15 is 0 Å². The highest BCUT2D eigenvalue weighted by molar-refractivity contribution is 7.65. The van der Waals surface area contributed by atoms with Gasteiger partial charge in [-0.05, 0) is 0 Å². The van der Waals surface area contributed by atoms with Gasteiger partial charge in [-0.3, -0.25) is 0 Å². The summed E-state index contributed by atoms with van der Waals surface area (Å²) < 4.78 is 167. The Hall–Kier alpha value is 0.177. The van der Waals surface area contributed by atoms with Gasteiger partial charge in [0.15, 0.2) is 0 Å². The standard InChI is InChI=1S/C8H4Cl3F13Si/c1-2(25(9,10)11)3(12,13)4(14,15)5(16,17)6(18,19)7(20,21)8(22,23)24/h2H,1H3. The van der Waals surface area contributed by atoms with Crippen molar-refractivity contribution in [2.75, 3.05) is 0 Å². The molecule has 0 nitrogen and oxygen atoms in total.